The number of oxime groups is 1. The van der Waals surface area contributed by atoms with E-state index in [0.29, 0.717) is 0 Å². The maximum absolute atomic E-state index is 5.53. The molecule has 3 nitrogen and oxygen atoms in total. The van der Waals surface area contributed by atoms with E-state index in [0.717, 1.165) is 18.6 Å². The molecule has 0 spiro atoms. The van der Waals surface area contributed by atoms with Crippen LogP contribution in [0.25, 0.3) is 0 Å². The number of hydrogen-bond acceptors (Lipinski definition) is 3. The van der Waals surface area contributed by atoms with Crippen molar-refractivity contribution in [3.05, 3.63) is 0 Å². The van der Waals surface area contributed by atoms with Gasteiger partial charge in [-0.2, -0.15) is 0 Å². The Morgan fingerprint density at radius 3 is 2.36 bits per heavy atom. The molecule has 64 valence electrons. The molecule has 0 bridgehead atoms. The van der Waals surface area contributed by atoms with Gasteiger partial charge in [0.2, 0.25) is 0 Å². The lowest BCUT2D eigenvalue weighted by Crippen LogP contribution is -2.29. The van der Waals surface area contributed by atoms with Crippen molar-refractivity contribution in [2.24, 2.45) is 5.16 Å². The summed E-state index contributed by atoms with van der Waals surface area (Å²) in [6, 6.07) is 0. The highest BCUT2D eigenvalue weighted by Crippen LogP contribution is 2.16. The van der Waals surface area contributed by atoms with Gasteiger partial charge in [0.1, 0.15) is 7.11 Å². The molecule has 2 atom stereocenters. The molecule has 1 rings (SSSR count). The molecule has 0 radical (unpaired) electrons. The van der Waals surface area contributed by atoms with E-state index < -0.39 is 0 Å². The molecule has 11 heavy (non-hydrogen) atoms. The van der Waals surface area contributed by atoms with E-state index in [1.807, 2.05) is 0 Å². The summed E-state index contributed by atoms with van der Waals surface area (Å²) >= 11 is 0. The highest BCUT2D eigenvalue weighted by molar-refractivity contribution is 5.85. The SMILES string of the molecule is CON=C1CC(C)OC(C)C1. The molecular weight excluding hydrogens is 142 g/mol. The number of rotatable bonds is 1. The number of hydrogen-bond donors (Lipinski definition) is 0. The van der Waals surface area contributed by atoms with Crippen LogP contribution >= 0.6 is 0 Å². The molecule has 1 saturated heterocycles. The van der Waals surface area contributed by atoms with Gasteiger partial charge in [0.15, 0.2) is 0 Å². The largest absolute Gasteiger partial charge is 0.399 e. The highest BCUT2D eigenvalue weighted by atomic mass is 16.6. The molecule has 0 aliphatic carbocycles. The van der Waals surface area contributed by atoms with Gasteiger partial charge >= 0.3 is 0 Å². The third kappa shape index (κ3) is 2.50. The quantitative estimate of drug-likeness (QED) is 0.541. The molecule has 0 aromatic heterocycles. The molecule has 1 fully saturated rings. The molecule has 1 heterocycles. The van der Waals surface area contributed by atoms with Crippen molar-refractivity contribution in [3.8, 4) is 0 Å². The summed E-state index contributed by atoms with van der Waals surface area (Å²) in [7, 11) is 1.58. The Balaban J connectivity index is 2.49. The Morgan fingerprint density at radius 1 is 1.36 bits per heavy atom. The topological polar surface area (TPSA) is 30.8 Å². The Bertz CT molecular complexity index is 144. The molecule has 1 aliphatic rings. The van der Waals surface area contributed by atoms with E-state index in [1.54, 1.807) is 7.11 Å². The first kappa shape index (κ1) is 8.53. The second kappa shape index (κ2) is 3.72. The summed E-state index contributed by atoms with van der Waals surface area (Å²) in [5, 5.41) is 3.92. The normalized spacial score (nSPS) is 31.7. The van der Waals surface area contributed by atoms with E-state index in [2.05, 4.69) is 19.0 Å². The van der Waals surface area contributed by atoms with Gasteiger partial charge in [-0.05, 0) is 13.8 Å². The number of nitrogens with zero attached hydrogens (tertiary/aromatic N) is 1. The lowest BCUT2D eigenvalue weighted by molar-refractivity contribution is 0.00210. The van der Waals surface area contributed by atoms with Crippen LogP contribution in [0.3, 0.4) is 0 Å². The van der Waals surface area contributed by atoms with Gasteiger partial charge in [0, 0.05) is 12.8 Å². The van der Waals surface area contributed by atoms with Crippen LogP contribution in [-0.2, 0) is 9.57 Å². The molecule has 0 N–H and O–H groups in total. The van der Waals surface area contributed by atoms with Gasteiger partial charge in [-0.15, -0.1) is 0 Å². The molecule has 3 heteroatoms. The molecule has 2 unspecified atom stereocenters. The molecular formula is C8H15NO2. The molecule has 0 aromatic carbocycles. The summed E-state index contributed by atoms with van der Waals surface area (Å²) in [4.78, 5) is 4.71. The fourth-order valence-corrected chi connectivity index (χ4v) is 1.44. The Morgan fingerprint density at radius 2 is 1.91 bits per heavy atom. The third-order valence-corrected chi connectivity index (χ3v) is 1.73. The Kier molecular flexibility index (Phi) is 2.88. The molecule has 1 aliphatic heterocycles. The number of ether oxygens (including phenoxy) is 1. The van der Waals surface area contributed by atoms with E-state index in [9.17, 15) is 0 Å². The second-order valence-electron chi connectivity index (χ2n) is 3.01. The van der Waals surface area contributed by atoms with Crippen LogP contribution in [0.4, 0.5) is 0 Å². The van der Waals surface area contributed by atoms with E-state index in [1.165, 1.54) is 0 Å². The zero-order valence-electron chi connectivity index (χ0n) is 7.33. The van der Waals surface area contributed by atoms with Crippen molar-refractivity contribution >= 4 is 5.71 Å². The summed E-state index contributed by atoms with van der Waals surface area (Å²) in [6.45, 7) is 4.11. The van der Waals surface area contributed by atoms with Crippen LogP contribution in [0.2, 0.25) is 0 Å². The van der Waals surface area contributed by atoms with Crippen molar-refractivity contribution in [1.82, 2.24) is 0 Å². The third-order valence-electron chi connectivity index (χ3n) is 1.73. The predicted octanol–water partition coefficient (Wildman–Crippen LogP) is 1.58. The van der Waals surface area contributed by atoms with Crippen molar-refractivity contribution in [2.75, 3.05) is 7.11 Å². The minimum Gasteiger partial charge on any atom is -0.399 e. The van der Waals surface area contributed by atoms with Crippen LogP contribution in [0.15, 0.2) is 5.16 Å². The van der Waals surface area contributed by atoms with Crippen LogP contribution in [0.1, 0.15) is 26.7 Å². The van der Waals surface area contributed by atoms with Crippen LogP contribution in [0, 0.1) is 0 Å². The van der Waals surface area contributed by atoms with Crippen molar-refractivity contribution in [3.63, 3.8) is 0 Å². The molecule has 0 saturated carbocycles. The highest BCUT2D eigenvalue weighted by Gasteiger charge is 2.20. The van der Waals surface area contributed by atoms with Gasteiger partial charge in [-0.1, -0.05) is 5.16 Å². The van der Waals surface area contributed by atoms with Crippen LogP contribution < -0.4 is 0 Å². The van der Waals surface area contributed by atoms with Crippen molar-refractivity contribution < 1.29 is 9.57 Å². The summed E-state index contributed by atoms with van der Waals surface area (Å²) < 4.78 is 5.53. The minimum atomic E-state index is 0.285. The standard InChI is InChI=1S/C8H15NO2/c1-6-4-8(9-10-3)5-7(2)11-6/h6-7H,4-5H2,1-3H3. The minimum absolute atomic E-state index is 0.285. The fraction of sp³-hybridized carbons (Fsp3) is 0.875. The smallest absolute Gasteiger partial charge is 0.106 e. The summed E-state index contributed by atoms with van der Waals surface area (Å²) in [6.07, 6.45) is 2.37. The predicted molar refractivity (Wildman–Crippen MR) is 43.7 cm³/mol. The van der Waals surface area contributed by atoms with Gasteiger partial charge < -0.3 is 9.57 Å². The van der Waals surface area contributed by atoms with Gasteiger partial charge in [-0.3, -0.25) is 0 Å². The molecule has 0 aromatic rings. The lowest BCUT2D eigenvalue weighted by Gasteiger charge is -2.25. The lowest BCUT2D eigenvalue weighted by atomic mass is 10.0. The van der Waals surface area contributed by atoms with Crippen LogP contribution in [-0.4, -0.2) is 25.0 Å². The summed E-state index contributed by atoms with van der Waals surface area (Å²) in [5.74, 6) is 0. The van der Waals surface area contributed by atoms with Gasteiger partial charge in [-0.25, -0.2) is 0 Å². The first-order chi connectivity index (χ1) is 5.22. The summed E-state index contributed by atoms with van der Waals surface area (Å²) in [5.41, 5.74) is 1.11. The maximum Gasteiger partial charge on any atom is 0.106 e. The fourth-order valence-electron chi connectivity index (χ4n) is 1.44. The average molecular weight is 157 g/mol. The zero-order chi connectivity index (χ0) is 8.27. The van der Waals surface area contributed by atoms with Crippen molar-refractivity contribution in [1.29, 1.82) is 0 Å². The second-order valence-corrected chi connectivity index (χ2v) is 3.01. The van der Waals surface area contributed by atoms with E-state index >= 15 is 0 Å². The first-order valence-corrected chi connectivity index (χ1v) is 3.96. The van der Waals surface area contributed by atoms with E-state index in [4.69, 9.17) is 9.57 Å². The van der Waals surface area contributed by atoms with E-state index in [-0.39, 0.29) is 12.2 Å². The maximum atomic E-state index is 5.53. The molecule has 0 amide bonds. The van der Waals surface area contributed by atoms with Crippen LogP contribution in [0.5, 0.6) is 0 Å². The Labute approximate surface area is 67.4 Å². The monoisotopic (exact) mass is 157 g/mol. The zero-order valence-corrected chi connectivity index (χ0v) is 7.33. The Hall–Kier alpha value is -0.570. The average Bonchev–Trinajstić information content (AvgIpc) is 1.85. The van der Waals surface area contributed by atoms with Crippen molar-refractivity contribution in [2.45, 2.75) is 38.9 Å². The first-order valence-electron chi connectivity index (χ1n) is 3.96. The van der Waals surface area contributed by atoms with Gasteiger partial charge in [0.05, 0.1) is 17.9 Å². The van der Waals surface area contributed by atoms with Gasteiger partial charge in [0.25, 0.3) is 0 Å².